The molecule has 1 aromatic heterocycles. The largest absolute Gasteiger partial charge is 0.298 e. The van der Waals surface area contributed by atoms with Gasteiger partial charge in [-0.3, -0.25) is 4.79 Å². The predicted octanol–water partition coefficient (Wildman–Crippen LogP) is 5.07. The number of ketones is 1. The highest BCUT2D eigenvalue weighted by Crippen LogP contribution is 2.27. The lowest BCUT2D eigenvalue weighted by Crippen LogP contribution is -2.04. The van der Waals surface area contributed by atoms with Gasteiger partial charge in [-0.1, -0.05) is 23.7 Å². The first-order valence-electron chi connectivity index (χ1n) is 5.27. The van der Waals surface area contributed by atoms with Crippen LogP contribution in [0.5, 0.6) is 0 Å². The molecule has 0 spiro atoms. The molecular formula is C13H10BrClOS2. The van der Waals surface area contributed by atoms with Gasteiger partial charge < -0.3 is 0 Å². The molecule has 0 aliphatic carbocycles. The van der Waals surface area contributed by atoms with Crippen LogP contribution in [0.15, 0.2) is 45.1 Å². The van der Waals surface area contributed by atoms with E-state index in [4.69, 9.17) is 11.6 Å². The molecule has 94 valence electrons. The van der Waals surface area contributed by atoms with Crippen molar-refractivity contribution in [3.05, 3.63) is 50.1 Å². The smallest absolute Gasteiger partial charge is 0.148 e. The van der Waals surface area contributed by atoms with Gasteiger partial charge in [-0.15, -0.1) is 23.1 Å². The summed E-state index contributed by atoms with van der Waals surface area (Å²) in [7, 11) is 0. The summed E-state index contributed by atoms with van der Waals surface area (Å²) in [6.07, 6.45) is 0.494. The van der Waals surface area contributed by atoms with E-state index in [9.17, 15) is 4.79 Å². The van der Waals surface area contributed by atoms with Gasteiger partial charge in [0.1, 0.15) is 5.78 Å². The van der Waals surface area contributed by atoms with E-state index in [2.05, 4.69) is 15.9 Å². The minimum Gasteiger partial charge on any atom is -0.298 e. The van der Waals surface area contributed by atoms with E-state index in [1.807, 2.05) is 35.7 Å². The van der Waals surface area contributed by atoms with Crippen LogP contribution in [0.2, 0.25) is 5.02 Å². The van der Waals surface area contributed by atoms with Crippen molar-refractivity contribution in [1.29, 1.82) is 0 Å². The molecule has 1 nitrogen and oxygen atoms in total. The number of halogens is 2. The van der Waals surface area contributed by atoms with Crippen LogP contribution >= 0.6 is 50.6 Å². The van der Waals surface area contributed by atoms with Crippen LogP contribution in [-0.4, -0.2) is 11.5 Å². The van der Waals surface area contributed by atoms with Crippen LogP contribution in [0.4, 0.5) is 0 Å². The van der Waals surface area contributed by atoms with Crippen LogP contribution < -0.4 is 0 Å². The number of thioether (sulfide) groups is 1. The van der Waals surface area contributed by atoms with Crippen molar-refractivity contribution in [2.24, 2.45) is 0 Å². The van der Waals surface area contributed by atoms with Crippen molar-refractivity contribution in [3.8, 4) is 0 Å². The maximum absolute atomic E-state index is 11.8. The molecule has 0 unspecified atom stereocenters. The highest BCUT2D eigenvalue weighted by atomic mass is 79.9. The molecule has 0 N–H and O–H groups in total. The van der Waals surface area contributed by atoms with Gasteiger partial charge in [0.2, 0.25) is 0 Å². The minimum atomic E-state index is 0.217. The number of thiophene rings is 1. The standard InChI is InChI=1S/C13H10BrClOS2/c14-9-5-11(17-7-9)6-10(16)8-18-13-4-2-1-3-12(13)15/h1-5,7H,6,8H2. The Morgan fingerprint density at radius 1 is 1.39 bits per heavy atom. The average Bonchev–Trinajstić information content (AvgIpc) is 2.74. The first kappa shape index (κ1) is 14.1. The summed E-state index contributed by atoms with van der Waals surface area (Å²) < 4.78 is 1.04. The van der Waals surface area contributed by atoms with Crippen LogP contribution in [0, 0.1) is 0 Å². The highest BCUT2D eigenvalue weighted by Gasteiger charge is 2.08. The fraction of sp³-hybridized carbons (Fsp3) is 0.154. The van der Waals surface area contributed by atoms with E-state index >= 15 is 0 Å². The van der Waals surface area contributed by atoms with E-state index in [-0.39, 0.29) is 5.78 Å². The molecule has 0 radical (unpaired) electrons. The molecule has 0 bridgehead atoms. The third-order valence-electron chi connectivity index (χ3n) is 2.22. The van der Waals surface area contributed by atoms with Crippen molar-refractivity contribution < 1.29 is 4.79 Å². The third kappa shape index (κ3) is 4.12. The maximum atomic E-state index is 11.8. The summed E-state index contributed by atoms with van der Waals surface area (Å²) >= 11 is 12.5. The highest BCUT2D eigenvalue weighted by molar-refractivity contribution is 9.10. The Balaban J connectivity index is 1.87. The second kappa shape index (κ2) is 6.75. The number of rotatable bonds is 5. The predicted molar refractivity (Wildman–Crippen MR) is 82.9 cm³/mol. The van der Waals surface area contributed by atoms with Gasteiger partial charge in [0.25, 0.3) is 0 Å². The number of hydrogen-bond acceptors (Lipinski definition) is 3. The zero-order valence-electron chi connectivity index (χ0n) is 9.36. The Morgan fingerprint density at radius 3 is 2.83 bits per heavy atom. The Bertz CT molecular complexity index is 553. The number of benzene rings is 1. The molecule has 1 aromatic carbocycles. The summed E-state index contributed by atoms with van der Waals surface area (Å²) in [5.41, 5.74) is 0. The molecule has 1 heterocycles. The van der Waals surface area contributed by atoms with Gasteiger partial charge >= 0.3 is 0 Å². The maximum Gasteiger partial charge on any atom is 0.148 e. The molecule has 0 saturated heterocycles. The number of carbonyl (C=O) groups is 1. The lowest BCUT2D eigenvalue weighted by atomic mass is 10.3. The van der Waals surface area contributed by atoms with Gasteiger partial charge in [-0.25, -0.2) is 0 Å². The number of Topliss-reactive ketones (excluding diaryl/α,β-unsaturated/α-hetero) is 1. The Kier molecular flexibility index (Phi) is 5.30. The van der Waals surface area contributed by atoms with Gasteiger partial charge in [-0.05, 0) is 34.1 Å². The Labute approximate surface area is 128 Å². The molecule has 18 heavy (non-hydrogen) atoms. The molecule has 0 saturated carbocycles. The molecule has 0 aliphatic rings. The first-order valence-corrected chi connectivity index (χ1v) is 8.30. The molecule has 0 atom stereocenters. The van der Waals surface area contributed by atoms with Crippen LogP contribution in [0.1, 0.15) is 4.88 Å². The van der Waals surface area contributed by atoms with E-state index in [1.165, 1.54) is 11.8 Å². The summed E-state index contributed by atoms with van der Waals surface area (Å²) in [6.45, 7) is 0. The first-order chi connectivity index (χ1) is 8.65. The molecule has 0 fully saturated rings. The summed E-state index contributed by atoms with van der Waals surface area (Å²) in [6, 6.07) is 9.57. The monoisotopic (exact) mass is 360 g/mol. The van der Waals surface area contributed by atoms with E-state index in [1.54, 1.807) is 11.3 Å². The van der Waals surface area contributed by atoms with Gasteiger partial charge in [-0.2, -0.15) is 0 Å². The minimum absolute atomic E-state index is 0.217. The summed E-state index contributed by atoms with van der Waals surface area (Å²) in [4.78, 5) is 13.9. The van der Waals surface area contributed by atoms with Crippen LogP contribution in [0.3, 0.4) is 0 Å². The Morgan fingerprint density at radius 2 is 2.17 bits per heavy atom. The van der Waals surface area contributed by atoms with Crippen molar-refractivity contribution in [2.75, 3.05) is 5.75 Å². The zero-order chi connectivity index (χ0) is 13.0. The normalized spacial score (nSPS) is 10.6. The van der Waals surface area contributed by atoms with Crippen molar-refractivity contribution in [1.82, 2.24) is 0 Å². The SMILES string of the molecule is O=C(CSc1ccccc1Cl)Cc1cc(Br)cs1. The molecule has 0 amide bonds. The van der Waals surface area contributed by atoms with E-state index in [0.717, 1.165) is 14.2 Å². The summed E-state index contributed by atoms with van der Waals surface area (Å²) in [5, 5.41) is 2.69. The topological polar surface area (TPSA) is 17.1 Å². The molecule has 2 aromatic rings. The van der Waals surface area contributed by atoms with Crippen molar-refractivity contribution in [3.63, 3.8) is 0 Å². The van der Waals surface area contributed by atoms with Gasteiger partial charge in [0, 0.05) is 26.0 Å². The lowest BCUT2D eigenvalue weighted by molar-refractivity contribution is -0.115. The van der Waals surface area contributed by atoms with Crippen molar-refractivity contribution in [2.45, 2.75) is 11.3 Å². The molecular weight excluding hydrogens is 352 g/mol. The number of carbonyl (C=O) groups excluding carboxylic acids is 1. The van der Waals surface area contributed by atoms with Crippen LogP contribution in [-0.2, 0) is 11.2 Å². The molecule has 2 rings (SSSR count). The van der Waals surface area contributed by atoms with Gasteiger partial charge in [0.05, 0.1) is 10.8 Å². The van der Waals surface area contributed by atoms with Gasteiger partial charge in [0.15, 0.2) is 0 Å². The summed E-state index contributed by atoms with van der Waals surface area (Å²) in [5.74, 6) is 0.675. The second-order valence-corrected chi connectivity index (χ2v) is 7.00. The third-order valence-corrected chi connectivity index (χ3v) is 5.49. The zero-order valence-corrected chi connectivity index (χ0v) is 13.3. The van der Waals surface area contributed by atoms with Crippen LogP contribution in [0.25, 0.3) is 0 Å². The lowest BCUT2D eigenvalue weighted by Gasteiger charge is -2.02. The molecule has 5 heteroatoms. The number of hydrogen-bond donors (Lipinski definition) is 0. The quantitative estimate of drug-likeness (QED) is 0.692. The fourth-order valence-corrected chi connectivity index (χ4v) is 3.99. The second-order valence-electron chi connectivity index (χ2n) is 3.67. The van der Waals surface area contributed by atoms with E-state index in [0.29, 0.717) is 17.2 Å². The molecule has 0 aliphatic heterocycles. The van der Waals surface area contributed by atoms with Crippen molar-refractivity contribution >= 4 is 56.4 Å². The Hall–Kier alpha value is -0.290. The fourth-order valence-electron chi connectivity index (χ4n) is 1.41. The average molecular weight is 362 g/mol. The van der Waals surface area contributed by atoms with E-state index < -0.39 is 0 Å².